The highest BCUT2D eigenvalue weighted by molar-refractivity contribution is 9.10. The van der Waals surface area contributed by atoms with E-state index in [2.05, 4.69) is 15.9 Å². The Balaban J connectivity index is 3.04. The molecule has 0 bridgehead atoms. The van der Waals surface area contributed by atoms with E-state index >= 15 is 0 Å². The molecule has 0 radical (unpaired) electrons. The maximum atomic E-state index is 11.3. The second kappa shape index (κ2) is 6.34. The second-order valence-corrected chi connectivity index (χ2v) is 5.61. The molecule has 0 heterocycles. The summed E-state index contributed by atoms with van der Waals surface area (Å²) in [6, 6.07) is 7.17. The number of carbonyl (C=O) groups is 1. The number of carboxylic acids is 1. The number of aliphatic hydroxyl groups is 1. The Bertz CT molecular complexity index is 415. The van der Waals surface area contributed by atoms with E-state index in [1.54, 1.807) is 25.1 Å². The first-order valence-electron chi connectivity index (χ1n) is 6.10. The normalized spacial score (nSPS) is 16.0. The number of unbranched alkanes of at least 4 members (excludes halogenated alkanes) is 1. The summed E-state index contributed by atoms with van der Waals surface area (Å²) in [5.41, 5.74) is -0.731. The Kier molecular flexibility index (Phi) is 5.35. The van der Waals surface area contributed by atoms with Crippen molar-refractivity contribution in [2.24, 2.45) is 5.92 Å². The molecule has 0 aliphatic heterocycles. The van der Waals surface area contributed by atoms with Crippen LogP contribution in [-0.4, -0.2) is 16.2 Å². The van der Waals surface area contributed by atoms with Gasteiger partial charge in [0.05, 0.1) is 5.92 Å². The van der Waals surface area contributed by atoms with E-state index < -0.39 is 17.5 Å². The van der Waals surface area contributed by atoms with Crippen LogP contribution in [0, 0.1) is 5.92 Å². The molecule has 0 saturated heterocycles. The van der Waals surface area contributed by atoms with E-state index in [9.17, 15) is 15.0 Å². The van der Waals surface area contributed by atoms with Gasteiger partial charge in [-0.1, -0.05) is 47.8 Å². The van der Waals surface area contributed by atoms with E-state index in [1.165, 1.54) is 0 Å². The highest BCUT2D eigenvalue weighted by Gasteiger charge is 2.38. The van der Waals surface area contributed by atoms with Crippen molar-refractivity contribution in [1.29, 1.82) is 0 Å². The first kappa shape index (κ1) is 15.2. The van der Waals surface area contributed by atoms with Crippen LogP contribution < -0.4 is 0 Å². The van der Waals surface area contributed by atoms with Gasteiger partial charge in [0, 0.05) is 4.47 Å². The average Bonchev–Trinajstić information content (AvgIpc) is 2.28. The lowest BCUT2D eigenvalue weighted by Crippen LogP contribution is -2.37. The molecule has 1 rings (SSSR count). The summed E-state index contributed by atoms with van der Waals surface area (Å²) in [4.78, 5) is 11.3. The number of hydrogen-bond acceptors (Lipinski definition) is 2. The minimum Gasteiger partial charge on any atom is -0.481 e. The van der Waals surface area contributed by atoms with Gasteiger partial charge >= 0.3 is 5.97 Å². The maximum Gasteiger partial charge on any atom is 0.309 e. The fraction of sp³-hybridized carbons (Fsp3) is 0.500. The molecule has 0 fully saturated rings. The molecule has 18 heavy (non-hydrogen) atoms. The highest BCUT2D eigenvalue weighted by Crippen LogP contribution is 2.34. The van der Waals surface area contributed by atoms with Gasteiger partial charge in [-0.25, -0.2) is 0 Å². The van der Waals surface area contributed by atoms with Crippen LogP contribution >= 0.6 is 15.9 Å². The molecule has 3 nitrogen and oxygen atoms in total. The summed E-state index contributed by atoms with van der Waals surface area (Å²) in [5.74, 6) is -1.74. The summed E-state index contributed by atoms with van der Waals surface area (Å²) in [5, 5.41) is 19.9. The van der Waals surface area contributed by atoms with Crippen molar-refractivity contribution in [2.45, 2.75) is 38.7 Å². The van der Waals surface area contributed by atoms with Crippen LogP contribution in [0.4, 0.5) is 0 Å². The Morgan fingerprint density at radius 1 is 1.50 bits per heavy atom. The zero-order valence-electron chi connectivity index (χ0n) is 10.7. The lowest BCUT2D eigenvalue weighted by atomic mass is 9.80. The van der Waals surface area contributed by atoms with Gasteiger partial charge in [0.15, 0.2) is 0 Å². The van der Waals surface area contributed by atoms with Crippen molar-refractivity contribution in [3.8, 4) is 0 Å². The fourth-order valence-corrected chi connectivity index (χ4v) is 2.46. The number of aliphatic carboxylic acids is 1. The Labute approximate surface area is 116 Å². The standard InChI is InChI=1S/C14H19BrO3/c1-3-4-8-12(13(16)17)14(2,18)10-6-5-7-11(15)9-10/h5-7,9,12,18H,3-4,8H2,1-2H3,(H,16,17). The van der Waals surface area contributed by atoms with E-state index in [1.807, 2.05) is 13.0 Å². The van der Waals surface area contributed by atoms with Crippen LogP contribution in [0.3, 0.4) is 0 Å². The van der Waals surface area contributed by atoms with Gasteiger partial charge in [0.2, 0.25) is 0 Å². The van der Waals surface area contributed by atoms with Crippen LogP contribution in [0.15, 0.2) is 28.7 Å². The highest BCUT2D eigenvalue weighted by atomic mass is 79.9. The predicted octanol–water partition coefficient (Wildman–Crippen LogP) is 3.55. The van der Waals surface area contributed by atoms with Gasteiger partial charge in [0.1, 0.15) is 5.60 Å². The molecule has 2 unspecified atom stereocenters. The van der Waals surface area contributed by atoms with Gasteiger partial charge in [0.25, 0.3) is 0 Å². The van der Waals surface area contributed by atoms with E-state index in [4.69, 9.17) is 0 Å². The van der Waals surface area contributed by atoms with Crippen molar-refractivity contribution in [1.82, 2.24) is 0 Å². The van der Waals surface area contributed by atoms with Crippen LogP contribution in [-0.2, 0) is 10.4 Å². The van der Waals surface area contributed by atoms with Crippen molar-refractivity contribution < 1.29 is 15.0 Å². The number of halogens is 1. The third kappa shape index (κ3) is 3.56. The smallest absolute Gasteiger partial charge is 0.309 e. The third-order valence-electron chi connectivity index (χ3n) is 3.23. The van der Waals surface area contributed by atoms with Gasteiger partial charge in [-0.3, -0.25) is 4.79 Å². The monoisotopic (exact) mass is 314 g/mol. The average molecular weight is 315 g/mol. The van der Waals surface area contributed by atoms with E-state index in [-0.39, 0.29) is 0 Å². The molecule has 0 aromatic heterocycles. The zero-order valence-corrected chi connectivity index (χ0v) is 12.3. The van der Waals surface area contributed by atoms with Crippen molar-refractivity contribution in [2.75, 3.05) is 0 Å². The quantitative estimate of drug-likeness (QED) is 0.844. The van der Waals surface area contributed by atoms with Gasteiger partial charge < -0.3 is 10.2 Å². The molecule has 0 spiro atoms. The lowest BCUT2D eigenvalue weighted by molar-refractivity contribution is -0.152. The summed E-state index contributed by atoms with van der Waals surface area (Å²) in [6.45, 7) is 3.58. The van der Waals surface area contributed by atoms with Crippen LogP contribution in [0.1, 0.15) is 38.7 Å². The molecular formula is C14H19BrO3. The molecule has 0 saturated carbocycles. The topological polar surface area (TPSA) is 57.5 Å². The van der Waals surface area contributed by atoms with Crippen LogP contribution in [0.2, 0.25) is 0 Å². The number of benzene rings is 1. The lowest BCUT2D eigenvalue weighted by Gasteiger charge is -2.30. The van der Waals surface area contributed by atoms with E-state index in [0.717, 1.165) is 17.3 Å². The Hall–Kier alpha value is -0.870. The second-order valence-electron chi connectivity index (χ2n) is 4.69. The minimum atomic E-state index is -1.36. The number of rotatable bonds is 6. The Morgan fingerprint density at radius 3 is 2.67 bits per heavy atom. The molecule has 1 aromatic rings. The Morgan fingerprint density at radius 2 is 2.17 bits per heavy atom. The fourth-order valence-electron chi connectivity index (χ4n) is 2.06. The zero-order chi connectivity index (χ0) is 13.8. The van der Waals surface area contributed by atoms with Gasteiger partial charge in [-0.2, -0.15) is 0 Å². The van der Waals surface area contributed by atoms with Crippen LogP contribution in [0.25, 0.3) is 0 Å². The first-order chi connectivity index (χ1) is 8.39. The number of carboxylic acid groups (broad SMARTS) is 1. The van der Waals surface area contributed by atoms with E-state index in [0.29, 0.717) is 12.0 Å². The van der Waals surface area contributed by atoms with Crippen molar-refractivity contribution >= 4 is 21.9 Å². The van der Waals surface area contributed by atoms with Crippen molar-refractivity contribution in [3.05, 3.63) is 34.3 Å². The largest absolute Gasteiger partial charge is 0.481 e. The van der Waals surface area contributed by atoms with Gasteiger partial charge in [-0.05, 0) is 31.0 Å². The minimum absolute atomic E-state index is 0.478. The molecule has 4 heteroatoms. The summed E-state index contributed by atoms with van der Waals surface area (Å²) in [6.07, 6.45) is 2.19. The summed E-state index contributed by atoms with van der Waals surface area (Å²) in [7, 11) is 0. The molecule has 2 atom stereocenters. The molecule has 0 amide bonds. The predicted molar refractivity (Wildman–Crippen MR) is 74.4 cm³/mol. The number of hydrogen-bond donors (Lipinski definition) is 2. The molecule has 0 aliphatic rings. The molecular weight excluding hydrogens is 296 g/mol. The molecule has 2 N–H and O–H groups in total. The van der Waals surface area contributed by atoms with Crippen molar-refractivity contribution in [3.63, 3.8) is 0 Å². The van der Waals surface area contributed by atoms with Crippen LogP contribution in [0.5, 0.6) is 0 Å². The molecule has 1 aromatic carbocycles. The first-order valence-corrected chi connectivity index (χ1v) is 6.90. The molecule has 100 valence electrons. The molecule has 0 aliphatic carbocycles. The summed E-state index contributed by atoms with van der Waals surface area (Å²) < 4.78 is 0.833. The summed E-state index contributed by atoms with van der Waals surface area (Å²) >= 11 is 3.33. The third-order valence-corrected chi connectivity index (χ3v) is 3.73. The SMILES string of the molecule is CCCCC(C(=O)O)C(C)(O)c1cccc(Br)c1. The maximum absolute atomic E-state index is 11.3. The van der Waals surface area contributed by atoms with Gasteiger partial charge in [-0.15, -0.1) is 0 Å².